The number of piperidine rings is 1. The second-order valence-corrected chi connectivity index (χ2v) is 10.7. The van der Waals surface area contributed by atoms with Gasteiger partial charge >= 0.3 is 0 Å². The monoisotopic (exact) mass is 494 g/mol. The molecule has 0 unspecified atom stereocenters. The molecule has 2 aliphatic rings. The van der Waals surface area contributed by atoms with Crippen LogP contribution in [0.1, 0.15) is 65.7 Å². The molecule has 1 fully saturated rings. The third kappa shape index (κ3) is 4.54. The highest BCUT2D eigenvalue weighted by Crippen LogP contribution is 2.36. The van der Waals surface area contributed by atoms with Crippen LogP contribution in [0.15, 0.2) is 29.3 Å². The number of benzene rings is 1. The highest BCUT2D eigenvalue weighted by Gasteiger charge is 2.34. The Hall–Kier alpha value is -2.72. The second kappa shape index (κ2) is 8.57. The van der Waals surface area contributed by atoms with Gasteiger partial charge in [-0.05, 0) is 51.3 Å². The molecule has 0 radical (unpaired) electrons. The maximum Gasteiger partial charge on any atom is 0.274 e. The van der Waals surface area contributed by atoms with Gasteiger partial charge in [0.25, 0.3) is 11.8 Å². The normalized spacial score (nSPS) is 19.0. The molecule has 2 aromatic rings. The number of hydrogen-bond donors (Lipinski definition) is 1. The number of nitrogens with zero attached hydrogens (tertiary/aromatic N) is 3. The molecule has 2 aliphatic heterocycles. The van der Waals surface area contributed by atoms with Gasteiger partial charge in [0.2, 0.25) is 10.0 Å². The van der Waals surface area contributed by atoms with E-state index in [9.17, 15) is 22.4 Å². The van der Waals surface area contributed by atoms with Crippen molar-refractivity contribution in [3.63, 3.8) is 0 Å². The molecule has 0 saturated carbocycles. The molecule has 1 aromatic carbocycles. The molecule has 0 aliphatic carbocycles. The van der Waals surface area contributed by atoms with Crippen molar-refractivity contribution < 1.29 is 22.4 Å². The van der Waals surface area contributed by atoms with Gasteiger partial charge in [-0.1, -0.05) is 17.2 Å². The zero-order chi connectivity index (χ0) is 24.1. The molecule has 0 bridgehead atoms. The van der Waals surface area contributed by atoms with Gasteiger partial charge in [0.15, 0.2) is 0 Å². The lowest BCUT2D eigenvalue weighted by Crippen LogP contribution is -2.39. The molecule has 33 heavy (non-hydrogen) atoms. The third-order valence-electron chi connectivity index (χ3n) is 6.08. The number of allylic oxidation sites excluding steroid dienone is 2. The molecule has 1 atom stereocenters. The first-order valence-electron chi connectivity index (χ1n) is 10.5. The van der Waals surface area contributed by atoms with Gasteiger partial charge in [-0.15, -0.1) is 0 Å². The fourth-order valence-corrected chi connectivity index (χ4v) is 5.22. The van der Waals surface area contributed by atoms with E-state index in [1.54, 1.807) is 11.8 Å². The number of amides is 1. The molecule has 0 spiro atoms. The van der Waals surface area contributed by atoms with E-state index in [2.05, 4.69) is 9.82 Å². The van der Waals surface area contributed by atoms with Gasteiger partial charge in [0, 0.05) is 18.5 Å². The predicted octanol–water partition coefficient (Wildman–Crippen LogP) is 3.95. The topological polar surface area (TPSA) is 101 Å². The Balaban J connectivity index is 1.73. The zero-order valence-electron chi connectivity index (χ0n) is 18.5. The first kappa shape index (κ1) is 23.4. The number of carbonyl (C=O) groups excluding carboxylic acids is 2. The summed E-state index contributed by atoms with van der Waals surface area (Å²) in [5, 5.41) is 4.30. The zero-order valence-corrected chi connectivity index (χ0v) is 20.1. The summed E-state index contributed by atoms with van der Waals surface area (Å²) >= 11 is 6.09. The van der Waals surface area contributed by atoms with Gasteiger partial charge in [0.05, 0.1) is 40.0 Å². The van der Waals surface area contributed by atoms with E-state index < -0.39 is 27.8 Å². The minimum atomic E-state index is -3.77. The van der Waals surface area contributed by atoms with Crippen molar-refractivity contribution in [2.24, 2.45) is 0 Å². The van der Waals surface area contributed by atoms with Gasteiger partial charge in [-0.3, -0.25) is 14.3 Å². The van der Waals surface area contributed by atoms with Crippen molar-refractivity contribution in [2.75, 3.05) is 17.5 Å². The number of hydrogen-bond acceptors (Lipinski definition) is 5. The van der Waals surface area contributed by atoms with Crippen molar-refractivity contribution in [3.05, 3.63) is 57.1 Å². The predicted molar refractivity (Wildman–Crippen MR) is 122 cm³/mol. The summed E-state index contributed by atoms with van der Waals surface area (Å²) in [7, 11) is -3.77. The van der Waals surface area contributed by atoms with E-state index in [0.717, 1.165) is 42.5 Å². The Morgan fingerprint density at radius 2 is 1.97 bits per heavy atom. The number of nitrogens with one attached hydrogen (secondary N) is 1. The van der Waals surface area contributed by atoms with E-state index in [1.807, 2.05) is 13.0 Å². The van der Waals surface area contributed by atoms with Crippen LogP contribution in [0.5, 0.6) is 0 Å². The third-order valence-corrected chi connectivity index (χ3v) is 6.95. The van der Waals surface area contributed by atoms with E-state index in [-0.39, 0.29) is 22.2 Å². The van der Waals surface area contributed by atoms with Gasteiger partial charge in [-0.25, -0.2) is 17.5 Å². The molecular formula is C22H24ClFN4O4S. The SMILES string of the molecule is CC1=C(C)C(=O)n2nc([C@@H]3CCCCN3C(=O)c3cc(F)cc(Cl)c3NS(C)(=O)=O)cc2C1. The molecule has 8 nitrogen and oxygen atoms in total. The number of carbonyl (C=O) groups is 2. The fourth-order valence-electron chi connectivity index (χ4n) is 4.32. The summed E-state index contributed by atoms with van der Waals surface area (Å²) in [4.78, 5) is 27.8. The molecule has 176 valence electrons. The second-order valence-electron chi connectivity index (χ2n) is 8.55. The van der Waals surface area contributed by atoms with Crippen molar-refractivity contribution in [1.82, 2.24) is 14.7 Å². The summed E-state index contributed by atoms with van der Waals surface area (Å²) in [6.07, 6.45) is 3.70. The van der Waals surface area contributed by atoms with Gasteiger partial charge in [-0.2, -0.15) is 5.10 Å². The number of anilines is 1. The van der Waals surface area contributed by atoms with Crippen LogP contribution in [-0.4, -0.2) is 47.7 Å². The quantitative estimate of drug-likeness (QED) is 0.693. The van der Waals surface area contributed by atoms with Gasteiger partial charge in [0.1, 0.15) is 5.82 Å². The average Bonchev–Trinajstić information content (AvgIpc) is 3.16. The summed E-state index contributed by atoms with van der Waals surface area (Å²) in [6.45, 7) is 4.05. The number of fused-ring (bicyclic) bond motifs is 1. The summed E-state index contributed by atoms with van der Waals surface area (Å²) in [6, 6.07) is 3.32. The van der Waals surface area contributed by atoms with Crippen LogP contribution in [0.3, 0.4) is 0 Å². The molecule has 4 rings (SSSR count). The Kier molecular flexibility index (Phi) is 6.09. The van der Waals surface area contributed by atoms with Crippen LogP contribution in [-0.2, 0) is 16.4 Å². The highest BCUT2D eigenvalue weighted by molar-refractivity contribution is 7.92. The maximum absolute atomic E-state index is 14.2. The van der Waals surface area contributed by atoms with Crippen LogP contribution >= 0.6 is 11.6 Å². The van der Waals surface area contributed by atoms with Gasteiger partial charge < -0.3 is 4.90 Å². The van der Waals surface area contributed by atoms with Crippen molar-refractivity contribution in [2.45, 2.75) is 45.6 Å². The minimum Gasteiger partial charge on any atom is -0.330 e. The molecule has 1 aromatic heterocycles. The van der Waals surface area contributed by atoms with E-state index in [4.69, 9.17) is 11.6 Å². The Morgan fingerprint density at radius 1 is 1.24 bits per heavy atom. The summed E-state index contributed by atoms with van der Waals surface area (Å²) < 4.78 is 41.4. The number of sulfonamides is 1. The Morgan fingerprint density at radius 3 is 2.67 bits per heavy atom. The van der Waals surface area contributed by atoms with E-state index in [0.29, 0.717) is 30.7 Å². The smallest absolute Gasteiger partial charge is 0.274 e. The number of likely N-dealkylation sites (tertiary alicyclic amines) is 1. The lowest BCUT2D eigenvalue weighted by atomic mass is 9.96. The molecule has 1 saturated heterocycles. The molecule has 1 amide bonds. The molecular weight excluding hydrogens is 471 g/mol. The average molecular weight is 495 g/mol. The van der Waals surface area contributed by atoms with Crippen LogP contribution in [0, 0.1) is 5.82 Å². The maximum atomic E-state index is 14.2. The van der Waals surface area contributed by atoms with Crippen LogP contribution < -0.4 is 4.72 Å². The summed E-state index contributed by atoms with van der Waals surface area (Å²) in [5.74, 6) is -1.50. The number of rotatable bonds is 4. The standard InChI is InChI=1S/C22H24ClFN4O4S/c1-12-8-15-11-18(25-28(15)21(29)13(12)2)19-6-4-5-7-27(19)22(30)16-9-14(24)10-17(23)20(16)26-33(3,31)32/h9-11,19,26H,4-8H2,1-3H3/t19-/m0/s1. The molecule has 3 heterocycles. The van der Waals surface area contributed by atoms with Crippen molar-refractivity contribution in [3.8, 4) is 0 Å². The summed E-state index contributed by atoms with van der Waals surface area (Å²) in [5.41, 5.74) is 2.62. The highest BCUT2D eigenvalue weighted by atomic mass is 35.5. The number of halogens is 2. The van der Waals surface area contributed by atoms with Crippen LogP contribution in [0.25, 0.3) is 0 Å². The first-order valence-corrected chi connectivity index (χ1v) is 12.8. The molecule has 11 heteroatoms. The first-order chi connectivity index (χ1) is 15.5. The van der Waals surface area contributed by atoms with E-state index >= 15 is 0 Å². The largest absolute Gasteiger partial charge is 0.330 e. The van der Waals surface area contributed by atoms with Crippen LogP contribution in [0.4, 0.5) is 10.1 Å². The Bertz CT molecular complexity index is 1300. The van der Waals surface area contributed by atoms with Crippen molar-refractivity contribution in [1.29, 1.82) is 0 Å². The van der Waals surface area contributed by atoms with Crippen LogP contribution in [0.2, 0.25) is 5.02 Å². The Labute approximate surface area is 196 Å². The van der Waals surface area contributed by atoms with E-state index in [1.165, 1.54) is 4.68 Å². The van der Waals surface area contributed by atoms with Crippen molar-refractivity contribution >= 4 is 39.1 Å². The number of aromatic nitrogens is 2. The fraction of sp³-hybridized carbons (Fsp3) is 0.409. The lowest BCUT2D eigenvalue weighted by Gasteiger charge is -2.35. The molecule has 1 N–H and O–H groups in total. The minimum absolute atomic E-state index is 0.162. The lowest BCUT2D eigenvalue weighted by molar-refractivity contribution is 0.0606.